The van der Waals surface area contributed by atoms with E-state index in [4.69, 9.17) is 5.26 Å². The number of hydrogen-bond acceptors (Lipinski definition) is 4. The molecule has 1 aliphatic carbocycles. The van der Waals surface area contributed by atoms with Crippen molar-refractivity contribution in [3.8, 4) is 6.07 Å². The molecular formula is C17H20N6. The molecule has 0 aromatic carbocycles. The van der Waals surface area contributed by atoms with Crippen LogP contribution in [0, 0.1) is 17.2 Å². The largest absolute Gasteiger partial charge is 0.346 e. The number of H-pyrrole nitrogens is 1. The number of aromatic nitrogens is 5. The Morgan fingerprint density at radius 2 is 2.17 bits per heavy atom. The molecule has 118 valence electrons. The van der Waals surface area contributed by atoms with Gasteiger partial charge in [-0.05, 0) is 50.5 Å². The number of unbranched alkanes of at least 4 members (excludes halogenated alkanes) is 1. The highest BCUT2D eigenvalue weighted by molar-refractivity contribution is 5.92. The predicted octanol–water partition coefficient (Wildman–Crippen LogP) is 3.57. The van der Waals surface area contributed by atoms with Crippen molar-refractivity contribution in [2.45, 2.75) is 50.9 Å². The monoisotopic (exact) mass is 308 g/mol. The lowest BCUT2D eigenvalue weighted by atomic mass is 9.78. The number of rotatable bonds is 4. The van der Waals surface area contributed by atoms with Crippen LogP contribution in [0.1, 0.15) is 56.6 Å². The second-order valence-electron chi connectivity index (χ2n) is 6.52. The molecular weight excluding hydrogens is 288 g/mol. The van der Waals surface area contributed by atoms with Crippen LogP contribution >= 0.6 is 0 Å². The van der Waals surface area contributed by atoms with Crippen molar-refractivity contribution in [3.05, 3.63) is 24.3 Å². The van der Waals surface area contributed by atoms with Crippen LogP contribution in [-0.4, -0.2) is 24.8 Å². The van der Waals surface area contributed by atoms with Gasteiger partial charge in [0.25, 0.3) is 0 Å². The average Bonchev–Trinajstić information content (AvgIpc) is 3.21. The zero-order valence-electron chi connectivity index (χ0n) is 13.1. The van der Waals surface area contributed by atoms with Crippen molar-refractivity contribution < 1.29 is 0 Å². The minimum absolute atomic E-state index is 0.486. The van der Waals surface area contributed by atoms with E-state index in [1.54, 1.807) is 10.8 Å². The Balaban J connectivity index is 1.54. The van der Waals surface area contributed by atoms with Gasteiger partial charge in [0.15, 0.2) is 0 Å². The molecule has 4 rings (SSSR count). The fourth-order valence-electron chi connectivity index (χ4n) is 3.89. The Hall–Kier alpha value is -2.42. The summed E-state index contributed by atoms with van der Waals surface area (Å²) in [6.45, 7) is 0. The maximum atomic E-state index is 8.66. The van der Waals surface area contributed by atoms with Crippen molar-refractivity contribution in [2.75, 3.05) is 0 Å². The molecule has 0 radical (unpaired) electrons. The second-order valence-corrected chi connectivity index (χ2v) is 6.52. The van der Waals surface area contributed by atoms with Crippen LogP contribution in [0.15, 0.2) is 18.6 Å². The highest BCUT2D eigenvalue weighted by Gasteiger charge is 2.26. The molecule has 1 saturated carbocycles. The molecule has 0 bridgehead atoms. The van der Waals surface area contributed by atoms with Gasteiger partial charge in [-0.2, -0.15) is 5.26 Å². The molecule has 0 spiro atoms. The average molecular weight is 308 g/mol. The summed E-state index contributed by atoms with van der Waals surface area (Å²) < 4.78 is 1.80. The topological polar surface area (TPSA) is 82.7 Å². The van der Waals surface area contributed by atoms with Crippen molar-refractivity contribution >= 4 is 16.6 Å². The smallest absolute Gasteiger partial charge is 0.141 e. The van der Waals surface area contributed by atoms with E-state index in [0.29, 0.717) is 12.3 Å². The van der Waals surface area contributed by atoms with Crippen LogP contribution in [0.4, 0.5) is 0 Å². The van der Waals surface area contributed by atoms with E-state index in [-0.39, 0.29) is 0 Å². The first-order valence-corrected chi connectivity index (χ1v) is 8.40. The van der Waals surface area contributed by atoms with Crippen LogP contribution in [0.5, 0.6) is 0 Å². The third-order valence-electron chi connectivity index (χ3n) is 5.13. The molecule has 0 unspecified atom stereocenters. The standard InChI is InChI=1S/C17H20N6/c18-9-2-1-3-12-4-6-13(7-5-12)15-16-14-8-10-19-17(14)20-11-23(16)22-21-15/h8,10-13,19H,1-7H2. The molecule has 23 heavy (non-hydrogen) atoms. The van der Waals surface area contributed by atoms with Crippen LogP contribution in [0.25, 0.3) is 16.6 Å². The third-order valence-corrected chi connectivity index (χ3v) is 5.13. The van der Waals surface area contributed by atoms with E-state index in [9.17, 15) is 0 Å². The lowest BCUT2D eigenvalue weighted by Gasteiger charge is -2.27. The van der Waals surface area contributed by atoms with Crippen molar-refractivity contribution in [2.24, 2.45) is 5.92 Å². The van der Waals surface area contributed by atoms with Gasteiger partial charge in [-0.3, -0.25) is 0 Å². The third kappa shape index (κ3) is 2.56. The fraction of sp³-hybridized carbons (Fsp3) is 0.529. The minimum Gasteiger partial charge on any atom is -0.346 e. The van der Waals surface area contributed by atoms with Gasteiger partial charge in [0, 0.05) is 23.9 Å². The summed E-state index contributed by atoms with van der Waals surface area (Å²) in [6.07, 6.45) is 11.4. The summed E-state index contributed by atoms with van der Waals surface area (Å²) in [7, 11) is 0. The molecule has 3 aromatic rings. The summed E-state index contributed by atoms with van der Waals surface area (Å²) in [5.74, 6) is 1.26. The van der Waals surface area contributed by atoms with Gasteiger partial charge in [-0.1, -0.05) is 5.21 Å². The van der Waals surface area contributed by atoms with E-state index in [1.807, 2.05) is 6.20 Å². The van der Waals surface area contributed by atoms with E-state index in [1.165, 1.54) is 32.1 Å². The number of nitriles is 1. The lowest BCUT2D eigenvalue weighted by Crippen LogP contribution is -2.14. The van der Waals surface area contributed by atoms with Crippen molar-refractivity contribution in [1.82, 2.24) is 24.8 Å². The van der Waals surface area contributed by atoms with Gasteiger partial charge in [0.05, 0.1) is 11.8 Å². The van der Waals surface area contributed by atoms with Gasteiger partial charge < -0.3 is 4.98 Å². The van der Waals surface area contributed by atoms with Crippen LogP contribution in [0.3, 0.4) is 0 Å². The summed E-state index contributed by atoms with van der Waals surface area (Å²) >= 11 is 0. The van der Waals surface area contributed by atoms with Crippen molar-refractivity contribution in [3.63, 3.8) is 0 Å². The Bertz CT molecular complexity index is 847. The maximum Gasteiger partial charge on any atom is 0.141 e. The molecule has 1 aliphatic rings. The van der Waals surface area contributed by atoms with Gasteiger partial charge in [0.1, 0.15) is 17.5 Å². The van der Waals surface area contributed by atoms with Crippen LogP contribution in [0.2, 0.25) is 0 Å². The lowest BCUT2D eigenvalue weighted by molar-refractivity contribution is 0.304. The highest BCUT2D eigenvalue weighted by Crippen LogP contribution is 2.39. The summed E-state index contributed by atoms with van der Waals surface area (Å²) in [5, 5.41) is 18.5. The summed E-state index contributed by atoms with van der Waals surface area (Å²) in [4.78, 5) is 7.52. The van der Waals surface area contributed by atoms with Gasteiger partial charge >= 0.3 is 0 Å². The van der Waals surface area contributed by atoms with E-state index in [2.05, 4.69) is 32.4 Å². The molecule has 3 aromatic heterocycles. The van der Waals surface area contributed by atoms with Gasteiger partial charge in [0.2, 0.25) is 0 Å². The minimum atomic E-state index is 0.486. The highest BCUT2D eigenvalue weighted by atomic mass is 15.4. The Morgan fingerprint density at radius 1 is 1.30 bits per heavy atom. The Morgan fingerprint density at radius 3 is 3.00 bits per heavy atom. The molecule has 0 aliphatic heterocycles. The summed E-state index contributed by atoms with van der Waals surface area (Å²) in [6, 6.07) is 4.30. The maximum absolute atomic E-state index is 8.66. The van der Waals surface area contributed by atoms with E-state index >= 15 is 0 Å². The molecule has 3 heterocycles. The number of nitrogens with zero attached hydrogens (tertiary/aromatic N) is 5. The van der Waals surface area contributed by atoms with E-state index < -0.39 is 0 Å². The zero-order chi connectivity index (χ0) is 15.6. The predicted molar refractivity (Wildman–Crippen MR) is 86.8 cm³/mol. The molecule has 0 atom stereocenters. The normalized spacial score (nSPS) is 21.7. The SMILES string of the molecule is N#CCCCC1CCC(c2nnn3cnc4[nH]ccc4c23)CC1. The second kappa shape index (κ2) is 5.99. The van der Waals surface area contributed by atoms with Gasteiger partial charge in [-0.25, -0.2) is 9.50 Å². The number of hydrogen-bond donors (Lipinski definition) is 1. The summed E-state index contributed by atoms with van der Waals surface area (Å²) in [5.41, 5.74) is 3.11. The molecule has 1 fully saturated rings. The van der Waals surface area contributed by atoms with Crippen molar-refractivity contribution in [1.29, 1.82) is 5.26 Å². The Kier molecular flexibility index (Phi) is 3.70. The first-order chi connectivity index (χ1) is 11.4. The van der Waals surface area contributed by atoms with E-state index in [0.717, 1.165) is 34.6 Å². The molecule has 6 nitrogen and oxygen atoms in total. The first-order valence-electron chi connectivity index (χ1n) is 8.40. The first kappa shape index (κ1) is 14.2. The molecule has 6 heteroatoms. The van der Waals surface area contributed by atoms with Crippen LogP contribution < -0.4 is 0 Å². The number of aromatic amines is 1. The Labute approximate surface area is 134 Å². The van der Waals surface area contributed by atoms with Gasteiger partial charge in [-0.15, -0.1) is 5.10 Å². The van der Waals surface area contributed by atoms with Crippen LogP contribution in [-0.2, 0) is 0 Å². The molecule has 0 amide bonds. The molecule has 1 N–H and O–H groups in total. The fourth-order valence-corrected chi connectivity index (χ4v) is 3.89. The molecule has 0 saturated heterocycles. The number of nitrogens with one attached hydrogen (secondary N) is 1. The quantitative estimate of drug-likeness (QED) is 0.747. The number of fused-ring (bicyclic) bond motifs is 3. The zero-order valence-corrected chi connectivity index (χ0v) is 13.1.